The predicted molar refractivity (Wildman–Crippen MR) is 67.3 cm³/mol. The maximum atomic E-state index is 5.10. The summed E-state index contributed by atoms with van der Waals surface area (Å²) in [5.74, 6) is 2.16. The van der Waals surface area contributed by atoms with Crippen LogP contribution in [0.4, 0.5) is 0 Å². The van der Waals surface area contributed by atoms with Crippen LogP contribution in [0.2, 0.25) is 0 Å². The van der Waals surface area contributed by atoms with Crippen LogP contribution in [0.15, 0.2) is 0 Å². The molecule has 0 atom stereocenters. The fraction of sp³-hybridized carbons (Fsp3) is 0.667. The van der Waals surface area contributed by atoms with Gasteiger partial charge in [0.1, 0.15) is 5.01 Å². The van der Waals surface area contributed by atoms with Crippen LogP contribution in [-0.4, -0.2) is 17.8 Å². The van der Waals surface area contributed by atoms with E-state index in [-0.39, 0.29) is 0 Å². The molecule has 2 nitrogen and oxygen atoms in total. The lowest BCUT2D eigenvalue weighted by molar-refractivity contribution is 0.181. The fourth-order valence-electron chi connectivity index (χ4n) is 1.04. The zero-order valence-corrected chi connectivity index (χ0v) is 11.6. The highest BCUT2D eigenvalue weighted by atomic mass is 79.9. The second-order valence-electron chi connectivity index (χ2n) is 2.68. The Kier molecular flexibility index (Phi) is 6.09. The molecule has 0 bridgehead atoms. The molecule has 1 heterocycles. The van der Waals surface area contributed by atoms with Gasteiger partial charge < -0.3 is 4.74 Å². The molecule has 0 aliphatic rings. The quantitative estimate of drug-likeness (QED) is 0.751. The lowest BCUT2D eigenvalue weighted by Gasteiger charge is -1.95. The molecule has 0 aliphatic carbocycles. The maximum absolute atomic E-state index is 5.10. The molecule has 0 N–H and O–H groups in total. The third kappa shape index (κ3) is 3.53. The molecule has 0 amide bonds. The van der Waals surface area contributed by atoms with Gasteiger partial charge in [0.05, 0.1) is 12.3 Å². The Morgan fingerprint density at radius 2 is 2.36 bits per heavy atom. The van der Waals surface area contributed by atoms with Gasteiger partial charge in [-0.1, -0.05) is 22.9 Å². The zero-order valence-electron chi connectivity index (χ0n) is 8.38. The molecule has 80 valence electrons. The Hall–Kier alpha value is 0.420. The number of aromatic nitrogens is 1. The van der Waals surface area contributed by atoms with Gasteiger partial charge in [-0.3, -0.25) is 0 Å². The Labute approximate surface area is 102 Å². The number of alkyl halides is 1. The summed E-state index contributed by atoms with van der Waals surface area (Å²) in [6, 6.07) is 0. The average Bonchev–Trinajstić information content (AvgIpc) is 2.58. The topological polar surface area (TPSA) is 22.1 Å². The number of thiazole rings is 1. The van der Waals surface area contributed by atoms with Gasteiger partial charge in [0, 0.05) is 23.1 Å². The van der Waals surface area contributed by atoms with Crippen molar-refractivity contribution < 1.29 is 4.74 Å². The van der Waals surface area contributed by atoms with E-state index in [1.807, 2.05) is 11.8 Å². The monoisotopic (exact) mass is 295 g/mol. The predicted octanol–water partition coefficient (Wildman–Crippen LogP) is 3.44. The number of hydrogen-bond donors (Lipinski definition) is 0. The van der Waals surface area contributed by atoms with Gasteiger partial charge >= 0.3 is 0 Å². The van der Waals surface area contributed by atoms with Crippen LogP contribution in [0.5, 0.6) is 0 Å². The maximum Gasteiger partial charge on any atom is 0.103 e. The van der Waals surface area contributed by atoms with Crippen LogP contribution in [-0.2, 0) is 22.4 Å². The molecule has 0 radical (unpaired) electrons. The summed E-state index contributed by atoms with van der Waals surface area (Å²) >= 11 is 7.15. The van der Waals surface area contributed by atoms with Gasteiger partial charge in [-0.05, 0) is 5.75 Å². The van der Waals surface area contributed by atoms with E-state index in [1.165, 1.54) is 9.88 Å². The van der Waals surface area contributed by atoms with Gasteiger partial charge in [-0.25, -0.2) is 4.98 Å². The summed E-state index contributed by atoms with van der Waals surface area (Å²) in [6.07, 6.45) is 0. The molecule has 0 saturated carbocycles. The van der Waals surface area contributed by atoms with E-state index in [4.69, 9.17) is 4.74 Å². The summed E-state index contributed by atoms with van der Waals surface area (Å²) < 4.78 is 5.10. The molecule has 0 fully saturated rings. The Morgan fingerprint density at radius 1 is 1.57 bits per heavy atom. The van der Waals surface area contributed by atoms with Crippen molar-refractivity contribution >= 4 is 39.0 Å². The molecule has 1 aromatic rings. The van der Waals surface area contributed by atoms with Crippen molar-refractivity contribution in [2.45, 2.75) is 24.6 Å². The highest BCUT2D eigenvalue weighted by Crippen LogP contribution is 2.24. The van der Waals surface area contributed by atoms with Gasteiger partial charge in [0.2, 0.25) is 0 Å². The fourth-order valence-corrected chi connectivity index (χ4v) is 3.36. The second-order valence-corrected chi connectivity index (χ2v) is 5.68. The van der Waals surface area contributed by atoms with Crippen LogP contribution in [0.1, 0.15) is 22.5 Å². The van der Waals surface area contributed by atoms with E-state index in [9.17, 15) is 0 Å². The first-order valence-electron chi connectivity index (χ1n) is 4.41. The van der Waals surface area contributed by atoms with Gasteiger partial charge in [0.15, 0.2) is 0 Å². The summed E-state index contributed by atoms with van der Waals surface area (Å²) in [5, 5.41) is 2.08. The molecule has 5 heteroatoms. The van der Waals surface area contributed by atoms with Crippen molar-refractivity contribution in [3.8, 4) is 0 Å². The SMILES string of the molecule is CCSCc1nc(COC)c(CBr)s1. The van der Waals surface area contributed by atoms with E-state index in [2.05, 4.69) is 27.8 Å². The first kappa shape index (κ1) is 12.5. The lowest BCUT2D eigenvalue weighted by atomic mass is 10.4. The van der Waals surface area contributed by atoms with Crippen LogP contribution in [0.25, 0.3) is 0 Å². The van der Waals surface area contributed by atoms with E-state index in [0.717, 1.165) is 22.5 Å². The second kappa shape index (κ2) is 6.82. The number of ether oxygens (including phenoxy) is 1. The largest absolute Gasteiger partial charge is 0.378 e. The van der Waals surface area contributed by atoms with Crippen molar-refractivity contribution in [2.24, 2.45) is 0 Å². The Bertz CT molecular complexity index is 278. The minimum atomic E-state index is 0.619. The van der Waals surface area contributed by atoms with E-state index < -0.39 is 0 Å². The van der Waals surface area contributed by atoms with Crippen LogP contribution < -0.4 is 0 Å². The first-order valence-corrected chi connectivity index (χ1v) is 7.51. The van der Waals surface area contributed by atoms with E-state index in [0.29, 0.717) is 6.61 Å². The first-order chi connectivity index (χ1) is 6.81. The molecule has 0 saturated heterocycles. The zero-order chi connectivity index (χ0) is 10.4. The standard InChI is InChI=1S/C9H14BrNOS2/c1-3-13-6-9-11-7(5-12-2)8(4-10)14-9/h3-6H2,1-2H3. The molecule has 1 rings (SSSR count). The Morgan fingerprint density at radius 3 is 2.93 bits per heavy atom. The molecule has 1 aromatic heterocycles. The molecule has 0 aliphatic heterocycles. The molecule has 0 aromatic carbocycles. The number of thioether (sulfide) groups is 1. The highest BCUT2D eigenvalue weighted by Gasteiger charge is 2.09. The number of hydrogen-bond acceptors (Lipinski definition) is 4. The smallest absolute Gasteiger partial charge is 0.103 e. The summed E-state index contributed by atoms with van der Waals surface area (Å²) in [5.41, 5.74) is 1.08. The summed E-state index contributed by atoms with van der Waals surface area (Å²) in [7, 11) is 1.71. The van der Waals surface area contributed by atoms with Crippen LogP contribution in [0, 0.1) is 0 Å². The lowest BCUT2D eigenvalue weighted by Crippen LogP contribution is -1.91. The van der Waals surface area contributed by atoms with Crippen LogP contribution >= 0.6 is 39.0 Å². The molecule has 14 heavy (non-hydrogen) atoms. The number of rotatable bonds is 6. The van der Waals surface area contributed by atoms with Gasteiger partial charge in [-0.2, -0.15) is 11.8 Å². The molecular formula is C9H14BrNOS2. The minimum absolute atomic E-state index is 0.619. The normalized spacial score (nSPS) is 10.8. The van der Waals surface area contributed by atoms with Crippen molar-refractivity contribution in [3.63, 3.8) is 0 Å². The average molecular weight is 296 g/mol. The highest BCUT2D eigenvalue weighted by molar-refractivity contribution is 9.08. The van der Waals surface area contributed by atoms with Crippen molar-refractivity contribution in [3.05, 3.63) is 15.6 Å². The van der Waals surface area contributed by atoms with Gasteiger partial charge in [0.25, 0.3) is 0 Å². The third-order valence-electron chi connectivity index (χ3n) is 1.65. The van der Waals surface area contributed by atoms with Crippen LogP contribution in [0.3, 0.4) is 0 Å². The summed E-state index contributed by atoms with van der Waals surface area (Å²) in [6.45, 7) is 2.79. The number of methoxy groups -OCH3 is 1. The van der Waals surface area contributed by atoms with E-state index >= 15 is 0 Å². The molecular weight excluding hydrogens is 282 g/mol. The van der Waals surface area contributed by atoms with Crippen molar-refractivity contribution in [1.82, 2.24) is 4.98 Å². The third-order valence-corrected chi connectivity index (χ3v) is 4.75. The number of halogens is 1. The van der Waals surface area contributed by atoms with E-state index in [1.54, 1.807) is 18.4 Å². The van der Waals surface area contributed by atoms with Crippen molar-refractivity contribution in [1.29, 1.82) is 0 Å². The molecule has 0 spiro atoms. The number of nitrogens with zero attached hydrogens (tertiary/aromatic N) is 1. The summed E-state index contributed by atoms with van der Waals surface area (Å²) in [4.78, 5) is 5.84. The van der Waals surface area contributed by atoms with Gasteiger partial charge in [-0.15, -0.1) is 11.3 Å². The minimum Gasteiger partial charge on any atom is -0.378 e. The Balaban J connectivity index is 2.67. The van der Waals surface area contributed by atoms with Crippen molar-refractivity contribution in [2.75, 3.05) is 12.9 Å². The molecule has 0 unspecified atom stereocenters.